The SMILES string of the molecule is CCN(CC)CCCC(C)N(CC(=O)Nc1cc(C)on1)C(=O)CSc1ccccc1. The summed E-state index contributed by atoms with van der Waals surface area (Å²) in [5, 5.41) is 6.51. The largest absolute Gasteiger partial charge is 0.360 e. The van der Waals surface area contributed by atoms with Crippen molar-refractivity contribution in [2.24, 2.45) is 0 Å². The molecule has 1 unspecified atom stereocenters. The van der Waals surface area contributed by atoms with E-state index in [0.717, 1.165) is 37.4 Å². The maximum atomic E-state index is 13.0. The number of anilines is 1. The molecular formula is C23H34N4O3S. The van der Waals surface area contributed by atoms with E-state index in [1.807, 2.05) is 37.3 Å². The van der Waals surface area contributed by atoms with Crippen LogP contribution >= 0.6 is 11.8 Å². The predicted octanol–water partition coefficient (Wildman–Crippen LogP) is 4.05. The second-order valence-corrected chi connectivity index (χ2v) is 8.56. The maximum Gasteiger partial charge on any atom is 0.245 e. The number of carbonyl (C=O) groups is 2. The number of hydrogen-bond donors (Lipinski definition) is 1. The maximum absolute atomic E-state index is 13.0. The zero-order chi connectivity index (χ0) is 22.6. The highest BCUT2D eigenvalue weighted by Gasteiger charge is 2.23. The highest BCUT2D eigenvalue weighted by molar-refractivity contribution is 8.00. The Kier molecular flexibility index (Phi) is 10.6. The molecule has 0 radical (unpaired) electrons. The first-order valence-electron chi connectivity index (χ1n) is 10.9. The Hall–Kier alpha value is -2.32. The third-order valence-corrected chi connectivity index (χ3v) is 6.15. The first kappa shape index (κ1) is 24.9. The lowest BCUT2D eigenvalue weighted by Gasteiger charge is -2.29. The molecule has 2 aromatic rings. The quantitative estimate of drug-likeness (QED) is 0.468. The van der Waals surface area contributed by atoms with Gasteiger partial charge in [-0.1, -0.05) is 37.2 Å². The molecule has 1 atom stereocenters. The average Bonchev–Trinajstić information content (AvgIpc) is 3.18. The summed E-state index contributed by atoms with van der Waals surface area (Å²) in [7, 11) is 0. The molecule has 31 heavy (non-hydrogen) atoms. The van der Waals surface area contributed by atoms with Gasteiger partial charge in [-0.3, -0.25) is 9.59 Å². The highest BCUT2D eigenvalue weighted by Crippen LogP contribution is 2.19. The first-order valence-corrected chi connectivity index (χ1v) is 11.8. The fourth-order valence-electron chi connectivity index (χ4n) is 3.30. The third kappa shape index (κ3) is 8.75. The van der Waals surface area contributed by atoms with Gasteiger partial charge in [-0.25, -0.2) is 0 Å². The smallest absolute Gasteiger partial charge is 0.245 e. The van der Waals surface area contributed by atoms with Gasteiger partial charge in [-0.2, -0.15) is 0 Å². The highest BCUT2D eigenvalue weighted by atomic mass is 32.2. The number of aryl methyl sites for hydroxylation is 1. The lowest BCUT2D eigenvalue weighted by atomic mass is 10.1. The van der Waals surface area contributed by atoms with Crippen molar-refractivity contribution in [1.29, 1.82) is 0 Å². The van der Waals surface area contributed by atoms with Crippen LogP contribution in [-0.4, -0.2) is 64.7 Å². The molecule has 0 aliphatic rings. The van der Waals surface area contributed by atoms with E-state index >= 15 is 0 Å². The van der Waals surface area contributed by atoms with Crippen LogP contribution in [-0.2, 0) is 9.59 Å². The van der Waals surface area contributed by atoms with Crippen LogP contribution in [0.15, 0.2) is 45.8 Å². The molecule has 170 valence electrons. The van der Waals surface area contributed by atoms with Crippen LogP contribution in [0.3, 0.4) is 0 Å². The molecule has 0 aliphatic carbocycles. The summed E-state index contributed by atoms with van der Waals surface area (Å²) in [5.41, 5.74) is 0. The van der Waals surface area contributed by atoms with Gasteiger partial charge >= 0.3 is 0 Å². The summed E-state index contributed by atoms with van der Waals surface area (Å²) < 4.78 is 5.00. The van der Waals surface area contributed by atoms with Crippen molar-refractivity contribution in [2.75, 3.05) is 37.2 Å². The van der Waals surface area contributed by atoms with E-state index in [4.69, 9.17) is 4.52 Å². The number of rotatable bonds is 13. The zero-order valence-corrected chi connectivity index (χ0v) is 19.8. The van der Waals surface area contributed by atoms with Gasteiger partial charge in [0.1, 0.15) is 12.3 Å². The topological polar surface area (TPSA) is 78.7 Å². The van der Waals surface area contributed by atoms with Crippen LogP contribution in [0.4, 0.5) is 5.82 Å². The summed E-state index contributed by atoms with van der Waals surface area (Å²) in [4.78, 5) is 30.7. The molecule has 2 rings (SSSR count). The molecule has 0 saturated heterocycles. The van der Waals surface area contributed by atoms with Gasteiger partial charge in [0.2, 0.25) is 11.8 Å². The normalized spacial score (nSPS) is 12.0. The second kappa shape index (κ2) is 13.2. The molecule has 1 heterocycles. The van der Waals surface area contributed by atoms with Crippen LogP contribution in [0.2, 0.25) is 0 Å². The van der Waals surface area contributed by atoms with Crippen molar-refractivity contribution in [3.63, 3.8) is 0 Å². The van der Waals surface area contributed by atoms with Gasteiger partial charge in [0, 0.05) is 17.0 Å². The van der Waals surface area contributed by atoms with Crippen LogP contribution in [0, 0.1) is 6.92 Å². The molecule has 0 spiro atoms. The van der Waals surface area contributed by atoms with Gasteiger partial charge in [0.15, 0.2) is 5.82 Å². The number of thioether (sulfide) groups is 1. The van der Waals surface area contributed by atoms with Crippen molar-refractivity contribution >= 4 is 29.4 Å². The summed E-state index contributed by atoms with van der Waals surface area (Å²) in [6.45, 7) is 11.1. The number of hydrogen-bond acceptors (Lipinski definition) is 6. The molecule has 0 aliphatic heterocycles. The third-order valence-electron chi connectivity index (χ3n) is 5.16. The van der Waals surface area contributed by atoms with Gasteiger partial charge < -0.3 is 19.6 Å². The number of aromatic nitrogens is 1. The summed E-state index contributed by atoms with van der Waals surface area (Å²) in [6.07, 6.45) is 1.82. The van der Waals surface area contributed by atoms with E-state index in [9.17, 15) is 9.59 Å². The summed E-state index contributed by atoms with van der Waals surface area (Å²) >= 11 is 1.49. The summed E-state index contributed by atoms with van der Waals surface area (Å²) in [5.74, 6) is 0.952. The van der Waals surface area contributed by atoms with Crippen molar-refractivity contribution in [3.05, 3.63) is 42.2 Å². The molecule has 7 nitrogen and oxygen atoms in total. The van der Waals surface area contributed by atoms with E-state index in [2.05, 4.69) is 29.2 Å². The fourth-order valence-corrected chi connectivity index (χ4v) is 4.11. The fraction of sp³-hybridized carbons (Fsp3) is 0.522. The molecule has 0 fully saturated rings. The lowest BCUT2D eigenvalue weighted by molar-refractivity contribution is -0.134. The van der Waals surface area contributed by atoms with Crippen molar-refractivity contribution < 1.29 is 14.1 Å². The lowest BCUT2D eigenvalue weighted by Crippen LogP contribution is -2.44. The van der Waals surface area contributed by atoms with Crippen LogP contribution in [0.1, 0.15) is 39.4 Å². The molecular weight excluding hydrogens is 412 g/mol. The van der Waals surface area contributed by atoms with Crippen LogP contribution < -0.4 is 5.32 Å². The molecule has 8 heteroatoms. The molecule has 1 aromatic heterocycles. The van der Waals surface area contributed by atoms with E-state index in [0.29, 0.717) is 17.3 Å². The minimum atomic E-state index is -0.276. The predicted molar refractivity (Wildman–Crippen MR) is 125 cm³/mol. The van der Waals surface area contributed by atoms with E-state index in [1.165, 1.54) is 11.8 Å². The Labute approximate surface area is 189 Å². The Morgan fingerprint density at radius 3 is 2.52 bits per heavy atom. The van der Waals surface area contributed by atoms with Gasteiger partial charge in [0.05, 0.1) is 5.75 Å². The molecule has 1 N–H and O–H groups in total. The molecule has 1 aromatic carbocycles. The minimum absolute atomic E-state index is 0.00741. The number of nitrogens with zero attached hydrogens (tertiary/aromatic N) is 3. The van der Waals surface area contributed by atoms with Crippen LogP contribution in [0.25, 0.3) is 0 Å². The summed E-state index contributed by atoms with van der Waals surface area (Å²) in [6, 6.07) is 11.4. The number of benzene rings is 1. The Morgan fingerprint density at radius 2 is 1.90 bits per heavy atom. The molecule has 0 bridgehead atoms. The Morgan fingerprint density at radius 1 is 1.19 bits per heavy atom. The van der Waals surface area contributed by atoms with E-state index in [1.54, 1.807) is 17.9 Å². The van der Waals surface area contributed by atoms with Crippen LogP contribution in [0.5, 0.6) is 0 Å². The Balaban J connectivity index is 1.98. The number of amides is 2. The standard InChI is InChI=1S/C23H34N4O3S/c1-5-26(6-2)14-10-11-18(3)27(16-22(28)24-21-15-19(4)30-25-21)23(29)17-31-20-12-8-7-9-13-20/h7-9,12-13,15,18H,5-6,10-11,14,16-17H2,1-4H3,(H,24,25,28). The van der Waals surface area contributed by atoms with Gasteiger partial charge in [0.25, 0.3) is 0 Å². The van der Waals surface area contributed by atoms with Gasteiger partial charge in [-0.15, -0.1) is 11.8 Å². The Bertz CT molecular complexity index is 808. The molecule has 2 amide bonds. The number of carbonyl (C=O) groups excluding carboxylic acids is 2. The van der Waals surface area contributed by atoms with Crippen molar-refractivity contribution in [2.45, 2.75) is 51.5 Å². The number of nitrogens with one attached hydrogen (secondary N) is 1. The van der Waals surface area contributed by atoms with Gasteiger partial charge in [-0.05, 0) is 58.5 Å². The minimum Gasteiger partial charge on any atom is -0.360 e. The monoisotopic (exact) mass is 446 g/mol. The first-order chi connectivity index (χ1) is 14.9. The second-order valence-electron chi connectivity index (χ2n) is 7.51. The molecule has 0 saturated carbocycles. The zero-order valence-electron chi connectivity index (χ0n) is 19.0. The van der Waals surface area contributed by atoms with Crippen molar-refractivity contribution in [3.8, 4) is 0 Å². The average molecular weight is 447 g/mol. The van der Waals surface area contributed by atoms with Crippen molar-refractivity contribution in [1.82, 2.24) is 15.0 Å². The van der Waals surface area contributed by atoms with E-state index < -0.39 is 0 Å². The van der Waals surface area contributed by atoms with E-state index in [-0.39, 0.29) is 24.4 Å².